The predicted octanol–water partition coefficient (Wildman–Crippen LogP) is 3.22. The summed E-state index contributed by atoms with van der Waals surface area (Å²) in [7, 11) is 0. The maximum atomic E-state index is 12.1. The second-order valence-corrected chi connectivity index (χ2v) is 5.67. The van der Waals surface area contributed by atoms with Crippen molar-refractivity contribution in [3.63, 3.8) is 0 Å². The van der Waals surface area contributed by atoms with Crippen molar-refractivity contribution in [2.24, 2.45) is 0 Å². The van der Waals surface area contributed by atoms with Gasteiger partial charge in [0, 0.05) is 21.1 Å². The van der Waals surface area contributed by atoms with E-state index in [2.05, 4.69) is 20.9 Å². The van der Waals surface area contributed by atoms with Crippen LogP contribution in [0.2, 0.25) is 0 Å². The van der Waals surface area contributed by atoms with Crippen LogP contribution in [0.3, 0.4) is 0 Å². The molecule has 1 heterocycles. The molecule has 0 bridgehead atoms. The van der Waals surface area contributed by atoms with E-state index in [0.717, 1.165) is 15.2 Å². The number of hydrogen-bond donors (Lipinski definition) is 1. The summed E-state index contributed by atoms with van der Waals surface area (Å²) in [6, 6.07) is 5.29. The smallest absolute Gasteiger partial charge is 0.170 e. The van der Waals surface area contributed by atoms with Crippen molar-refractivity contribution in [1.82, 2.24) is 4.98 Å². The summed E-state index contributed by atoms with van der Waals surface area (Å²) in [4.78, 5) is 16.3. The van der Waals surface area contributed by atoms with Crippen molar-refractivity contribution in [2.45, 2.75) is 13.3 Å². The highest BCUT2D eigenvalue weighted by atomic mass is 79.9. The predicted molar refractivity (Wildman–Crippen MR) is 73.4 cm³/mol. The highest BCUT2D eigenvalue weighted by Gasteiger charge is 2.12. The van der Waals surface area contributed by atoms with Crippen molar-refractivity contribution >= 4 is 38.7 Å². The Labute approximate surface area is 112 Å². The number of anilines is 1. The van der Waals surface area contributed by atoms with Crippen LogP contribution in [-0.4, -0.2) is 10.8 Å². The quantitative estimate of drug-likeness (QED) is 0.699. The Morgan fingerprint density at radius 1 is 1.53 bits per heavy atom. The number of aryl methyl sites for hydroxylation is 1. The van der Waals surface area contributed by atoms with Gasteiger partial charge in [0.1, 0.15) is 0 Å². The second-order valence-electron chi connectivity index (χ2n) is 3.69. The first-order valence-electron chi connectivity index (χ1n) is 5.05. The normalized spacial score (nSPS) is 10.5. The van der Waals surface area contributed by atoms with E-state index < -0.39 is 0 Å². The van der Waals surface area contributed by atoms with Gasteiger partial charge in [-0.25, -0.2) is 4.98 Å². The molecule has 0 aliphatic rings. The minimum atomic E-state index is -0.00546. The van der Waals surface area contributed by atoms with Crippen molar-refractivity contribution < 1.29 is 4.79 Å². The van der Waals surface area contributed by atoms with Crippen molar-refractivity contribution in [1.29, 1.82) is 0 Å². The molecule has 5 heteroatoms. The summed E-state index contributed by atoms with van der Waals surface area (Å²) in [6.07, 6.45) is 0.297. The number of benzene rings is 1. The van der Waals surface area contributed by atoms with E-state index >= 15 is 0 Å². The monoisotopic (exact) mass is 310 g/mol. The summed E-state index contributed by atoms with van der Waals surface area (Å²) >= 11 is 4.88. The van der Waals surface area contributed by atoms with Crippen LogP contribution in [0.25, 0.3) is 0 Å². The Hall–Kier alpha value is -1.20. The second kappa shape index (κ2) is 4.98. The number of carbonyl (C=O) groups is 1. The van der Waals surface area contributed by atoms with E-state index in [1.54, 1.807) is 23.5 Å². The number of aromatic nitrogens is 1. The minimum absolute atomic E-state index is 0.00546. The third-order valence-corrected chi connectivity index (χ3v) is 3.64. The van der Waals surface area contributed by atoms with Crippen LogP contribution < -0.4 is 5.73 Å². The first-order chi connectivity index (χ1) is 8.06. The molecule has 0 spiro atoms. The van der Waals surface area contributed by atoms with E-state index in [0.29, 0.717) is 17.7 Å². The van der Waals surface area contributed by atoms with E-state index in [9.17, 15) is 4.79 Å². The third-order valence-electron chi connectivity index (χ3n) is 2.32. The lowest BCUT2D eigenvalue weighted by Crippen LogP contribution is -2.07. The average Bonchev–Trinajstić information content (AvgIpc) is 2.67. The van der Waals surface area contributed by atoms with Gasteiger partial charge in [-0.15, -0.1) is 11.3 Å². The maximum Gasteiger partial charge on any atom is 0.170 e. The fourth-order valence-electron chi connectivity index (χ4n) is 1.52. The van der Waals surface area contributed by atoms with Crippen LogP contribution in [0.15, 0.2) is 28.1 Å². The van der Waals surface area contributed by atoms with Gasteiger partial charge in [0.2, 0.25) is 0 Å². The molecule has 3 nitrogen and oxygen atoms in total. The summed E-state index contributed by atoms with van der Waals surface area (Å²) in [5.74, 6) is -0.00546. The SMILES string of the molecule is Cc1nc(CC(=O)c2cc(Br)ccc2N)cs1. The van der Waals surface area contributed by atoms with E-state index in [-0.39, 0.29) is 5.78 Å². The standard InChI is InChI=1S/C12H11BrN2OS/c1-7-15-9(6-17-7)5-12(16)10-4-8(13)2-3-11(10)14/h2-4,6H,5,14H2,1H3. The van der Waals surface area contributed by atoms with Gasteiger partial charge in [-0.1, -0.05) is 15.9 Å². The zero-order valence-electron chi connectivity index (χ0n) is 9.24. The van der Waals surface area contributed by atoms with Gasteiger partial charge in [-0.05, 0) is 25.1 Å². The molecule has 88 valence electrons. The van der Waals surface area contributed by atoms with Gasteiger partial charge >= 0.3 is 0 Å². The molecule has 2 rings (SSSR count). The van der Waals surface area contributed by atoms with Gasteiger partial charge in [0.25, 0.3) is 0 Å². The lowest BCUT2D eigenvalue weighted by Gasteiger charge is -2.04. The van der Waals surface area contributed by atoms with Crippen molar-refractivity contribution in [2.75, 3.05) is 5.73 Å². The van der Waals surface area contributed by atoms with Crippen molar-refractivity contribution in [3.8, 4) is 0 Å². The molecule has 0 aliphatic heterocycles. The molecule has 0 fully saturated rings. The van der Waals surface area contributed by atoms with Gasteiger partial charge in [0.05, 0.1) is 17.1 Å². The summed E-state index contributed by atoms with van der Waals surface area (Å²) in [6.45, 7) is 1.92. The number of nitrogen functional groups attached to an aromatic ring is 1. The van der Waals surface area contributed by atoms with Gasteiger partial charge in [-0.3, -0.25) is 4.79 Å². The zero-order valence-corrected chi connectivity index (χ0v) is 11.6. The Bertz CT molecular complexity index is 565. The largest absolute Gasteiger partial charge is 0.398 e. The van der Waals surface area contributed by atoms with Crippen LogP contribution in [0, 0.1) is 6.92 Å². The highest BCUT2D eigenvalue weighted by Crippen LogP contribution is 2.20. The van der Waals surface area contributed by atoms with E-state index in [4.69, 9.17) is 5.73 Å². The topological polar surface area (TPSA) is 56.0 Å². The Kier molecular flexibility index (Phi) is 3.59. The molecular weight excluding hydrogens is 300 g/mol. The number of thiazole rings is 1. The zero-order chi connectivity index (χ0) is 12.4. The Balaban J connectivity index is 2.22. The lowest BCUT2D eigenvalue weighted by atomic mass is 10.1. The average molecular weight is 311 g/mol. The number of halogens is 1. The third kappa shape index (κ3) is 2.92. The number of nitrogens with two attached hydrogens (primary N) is 1. The Morgan fingerprint density at radius 3 is 2.94 bits per heavy atom. The van der Waals surface area contributed by atoms with Crippen LogP contribution in [0.4, 0.5) is 5.69 Å². The van der Waals surface area contributed by atoms with Crippen LogP contribution in [0.5, 0.6) is 0 Å². The highest BCUT2D eigenvalue weighted by molar-refractivity contribution is 9.10. The Morgan fingerprint density at radius 2 is 2.29 bits per heavy atom. The number of hydrogen-bond acceptors (Lipinski definition) is 4. The van der Waals surface area contributed by atoms with Gasteiger partial charge in [0.15, 0.2) is 5.78 Å². The van der Waals surface area contributed by atoms with E-state index in [1.165, 1.54) is 0 Å². The molecule has 2 aromatic rings. The van der Waals surface area contributed by atoms with Crippen LogP contribution in [-0.2, 0) is 6.42 Å². The molecule has 2 N–H and O–H groups in total. The molecule has 0 atom stereocenters. The lowest BCUT2D eigenvalue weighted by molar-refractivity contribution is 0.0993. The molecule has 0 saturated carbocycles. The molecule has 0 saturated heterocycles. The summed E-state index contributed by atoms with van der Waals surface area (Å²) in [5.41, 5.74) is 7.64. The molecule has 1 aromatic carbocycles. The fraction of sp³-hybridized carbons (Fsp3) is 0.167. The molecule has 17 heavy (non-hydrogen) atoms. The van der Waals surface area contributed by atoms with Crippen LogP contribution in [0.1, 0.15) is 21.1 Å². The van der Waals surface area contributed by atoms with Crippen LogP contribution >= 0.6 is 27.3 Å². The van der Waals surface area contributed by atoms with Gasteiger partial charge < -0.3 is 5.73 Å². The van der Waals surface area contributed by atoms with Gasteiger partial charge in [-0.2, -0.15) is 0 Å². The number of rotatable bonds is 3. The number of Topliss-reactive ketones (excluding diaryl/α,β-unsaturated/α-hetero) is 1. The number of ketones is 1. The molecule has 0 amide bonds. The number of carbonyl (C=O) groups excluding carboxylic acids is 1. The molecule has 1 aromatic heterocycles. The van der Waals surface area contributed by atoms with E-state index in [1.807, 2.05) is 18.4 Å². The molecule has 0 aliphatic carbocycles. The van der Waals surface area contributed by atoms with Crippen molar-refractivity contribution in [3.05, 3.63) is 44.3 Å². The summed E-state index contributed by atoms with van der Waals surface area (Å²) < 4.78 is 0.851. The minimum Gasteiger partial charge on any atom is -0.398 e. The molecule has 0 radical (unpaired) electrons. The molecular formula is C12H11BrN2OS. The fourth-order valence-corrected chi connectivity index (χ4v) is 2.49. The first-order valence-corrected chi connectivity index (χ1v) is 6.73. The maximum absolute atomic E-state index is 12.1. The number of nitrogens with zero attached hydrogens (tertiary/aromatic N) is 1. The molecule has 0 unspecified atom stereocenters. The first kappa shape index (κ1) is 12.3. The summed E-state index contributed by atoms with van der Waals surface area (Å²) in [5, 5.41) is 2.87.